The first-order valence-electron chi connectivity index (χ1n) is 9.25. The van der Waals surface area contributed by atoms with Crippen molar-refractivity contribution in [3.05, 3.63) is 0 Å². The Morgan fingerprint density at radius 1 is 0.844 bits per heavy atom. The van der Waals surface area contributed by atoms with Crippen LogP contribution in [0.15, 0.2) is 0 Å². The van der Waals surface area contributed by atoms with Crippen LogP contribution in [0.4, 0.5) is 48.3 Å². The molecule has 14 heteroatoms. The van der Waals surface area contributed by atoms with Crippen LogP contribution in [0.5, 0.6) is 0 Å². The Bertz CT molecular complexity index is 649. The first-order chi connectivity index (χ1) is 13.7. The molecule has 0 rings (SSSR count). The van der Waals surface area contributed by atoms with E-state index in [2.05, 4.69) is 4.74 Å². The molecule has 0 saturated heterocycles. The molecule has 0 aromatic rings. The van der Waals surface area contributed by atoms with Gasteiger partial charge in [-0.15, -0.1) is 0 Å². The summed E-state index contributed by atoms with van der Waals surface area (Å²) >= 11 is 0. The van der Waals surface area contributed by atoms with Crippen LogP contribution in [0.1, 0.15) is 54.4 Å². The second-order valence-corrected chi connectivity index (χ2v) is 8.82. The normalized spacial score (nSPS) is 17.8. The summed E-state index contributed by atoms with van der Waals surface area (Å²) in [7, 11) is 0. The van der Waals surface area contributed by atoms with Gasteiger partial charge in [-0.2, -0.15) is 48.3 Å². The van der Waals surface area contributed by atoms with Crippen molar-refractivity contribution in [3.8, 4) is 0 Å². The molecule has 0 aliphatic rings. The fraction of sp³-hybridized carbons (Fsp3) is 0.944. The van der Waals surface area contributed by atoms with E-state index < -0.39 is 58.9 Å². The van der Waals surface area contributed by atoms with Crippen molar-refractivity contribution in [2.45, 2.75) is 90.5 Å². The Hall–Kier alpha value is -1.34. The molecule has 0 aliphatic carbocycles. The minimum absolute atomic E-state index is 0.0629. The maximum Gasteiger partial charge on any atom is 0.432 e. The summed E-state index contributed by atoms with van der Waals surface area (Å²) in [4.78, 5) is 12.6. The Morgan fingerprint density at radius 3 is 1.47 bits per heavy atom. The molecule has 0 aromatic carbocycles. The van der Waals surface area contributed by atoms with Crippen molar-refractivity contribution in [2.75, 3.05) is 0 Å². The van der Waals surface area contributed by atoms with Gasteiger partial charge in [-0.1, -0.05) is 34.6 Å². The fourth-order valence-electron chi connectivity index (χ4n) is 3.15. The molecule has 0 amide bonds. The van der Waals surface area contributed by atoms with Crippen LogP contribution in [-0.2, 0) is 9.53 Å². The van der Waals surface area contributed by atoms with Gasteiger partial charge in [0.1, 0.15) is 0 Å². The smallest absolute Gasteiger partial charge is 0.432 e. The molecule has 0 spiro atoms. The first kappa shape index (κ1) is 30.7. The number of halogens is 11. The maximum absolute atomic E-state index is 14.3. The summed E-state index contributed by atoms with van der Waals surface area (Å²) in [6, 6.07) is 0. The predicted molar refractivity (Wildman–Crippen MR) is 89.6 cm³/mol. The average Bonchev–Trinajstić information content (AvgIpc) is 2.54. The van der Waals surface area contributed by atoms with E-state index in [0.717, 1.165) is 6.92 Å². The lowest BCUT2D eigenvalue weighted by molar-refractivity contribution is -0.445. The number of hydrogen-bond donors (Lipinski definition) is 1. The molecule has 32 heavy (non-hydrogen) atoms. The SMILES string of the molecule is CCC(C)(C)C(C)(CC(C)C)C(=O)OC(C(F)(F)F)C(F)(F)C(O)(C(F)(F)F)C(F)(F)F. The molecule has 2 unspecified atom stereocenters. The van der Waals surface area contributed by atoms with E-state index in [9.17, 15) is 53.1 Å². The molecule has 0 fully saturated rings. The van der Waals surface area contributed by atoms with E-state index in [-0.39, 0.29) is 12.8 Å². The highest BCUT2D eigenvalue weighted by Crippen LogP contribution is 2.56. The van der Waals surface area contributed by atoms with E-state index in [1.165, 1.54) is 34.6 Å². The Labute approximate surface area is 177 Å². The standard InChI is InChI=1S/C18H25F11O3/c1-7-12(4,5)13(6,8-9(2)3)11(30)32-10(15(21,22)23)14(19,20)16(31,17(24,25)26)18(27,28)29/h9-10,31H,7-8H2,1-6H3. The van der Waals surface area contributed by atoms with Gasteiger partial charge in [-0.05, 0) is 31.1 Å². The number of alkyl halides is 11. The lowest BCUT2D eigenvalue weighted by Crippen LogP contribution is -2.73. The van der Waals surface area contributed by atoms with Crippen molar-refractivity contribution in [2.24, 2.45) is 16.7 Å². The number of aliphatic hydroxyl groups is 1. The van der Waals surface area contributed by atoms with Crippen molar-refractivity contribution in [3.63, 3.8) is 0 Å². The Balaban J connectivity index is 6.80. The lowest BCUT2D eigenvalue weighted by Gasteiger charge is -2.45. The predicted octanol–water partition coefficient (Wildman–Crippen LogP) is 6.44. The van der Waals surface area contributed by atoms with Gasteiger partial charge in [0.05, 0.1) is 5.41 Å². The van der Waals surface area contributed by atoms with Crippen LogP contribution in [0.3, 0.4) is 0 Å². The third-order valence-electron chi connectivity index (χ3n) is 5.80. The van der Waals surface area contributed by atoms with Gasteiger partial charge in [0, 0.05) is 0 Å². The van der Waals surface area contributed by atoms with E-state index >= 15 is 0 Å². The third-order valence-corrected chi connectivity index (χ3v) is 5.80. The van der Waals surface area contributed by atoms with Crippen LogP contribution in [0, 0.1) is 16.7 Å². The van der Waals surface area contributed by atoms with Gasteiger partial charge >= 0.3 is 36.0 Å². The highest BCUT2D eigenvalue weighted by Gasteiger charge is 2.87. The van der Waals surface area contributed by atoms with Crippen molar-refractivity contribution in [1.82, 2.24) is 0 Å². The second kappa shape index (κ2) is 8.79. The number of esters is 1. The molecule has 192 valence electrons. The fourth-order valence-corrected chi connectivity index (χ4v) is 3.15. The topological polar surface area (TPSA) is 46.5 Å². The van der Waals surface area contributed by atoms with Gasteiger partial charge in [0.25, 0.3) is 6.10 Å². The number of carbonyl (C=O) groups is 1. The van der Waals surface area contributed by atoms with Gasteiger partial charge in [-0.3, -0.25) is 4.79 Å². The van der Waals surface area contributed by atoms with Crippen LogP contribution in [0.25, 0.3) is 0 Å². The average molecular weight is 498 g/mol. The molecule has 3 nitrogen and oxygen atoms in total. The van der Waals surface area contributed by atoms with E-state index in [1.807, 2.05) is 0 Å². The zero-order chi connectivity index (χ0) is 26.4. The summed E-state index contributed by atoms with van der Waals surface area (Å²) in [5.41, 5.74) is -10.4. The molecule has 0 aromatic heterocycles. The summed E-state index contributed by atoms with van der Waals surface area (Å²) < 4.78 is 150. The first-order valence-corrected chi connectivity index (χ1v) is 9.25. The van der Waals surface area contributed by atoms with Crippen molar-refractivity contribution < 1.29 is 62.9 Å². The minimum atomic E-state index is -7.30. The lowest BCUT2D eigenvalue weighted by atomic mass is 9.61. The summed E-state index contributed by atoms with van der Waals surface area (Å²) in [6.07, 6.45) is -26.7. The van der Waals surface area contributed by atoms with Crippen LogP contribution in [0.2, 0.25) is 0 Å². The van der Waals surface area contributed by atoms with Gasteiger partial charge < -0.3 is 9.84 Å². The zero-order valence-electron chi connectivity index (χ0n) is 18.0. The third kappa shape index (κ3) is 5.24. The van der Waals surface area contributed by atoms with E-state index in [1.54, 1.807) is 0 Å². The molecule has 0 saturated carbocycles. The summed E-state index contributed by atoms with van der Waals surface area (Å²) in [5, 5.41) is 8.92. The van der Waals surface area contributed by atoms with E-state index in [4.69, 9.17) is 5.11 Å². The molecule has 2 atom stereocenters. The highest BCUT2D eigenvalue weighted by molar-refractivity contribution is 5.77. The van der Waals surface area contributed by atoms with Gasteiger partial charge in [-0.25, -0.2) is 0 Å². The summed E-state index contributed by atoms with van der Waals surface area (Å²) in [5.74, 6) is -9.61. The molecule has 0 bridgehead atoms. The molecular formula is C18H25F11O3. The second-order valence-electron chi connectivity index (χ2n) is 8.82. The summed E-state index contributed by atoms with van der Waals surface area (Å²) in [6.45, 7) is 8.19. The minimum Gasteiger partial charge on any atom is -0.446 e. The number of hydrogen-bond acceptors (Lipinski definition) is 3. The molecule has 0 heterocycles. The Morgan fingerprint density at radius 2 is 1.22 bits per heavy atom. The number of carbonyl (C=O) groups excluding carboxylic acids is 1. The highest BCUT2D eigenvalue weighted by atomic mass is 19.4. The number of rotatable bonds is 8. The Kier molecular flexibility index (Phi) is 8.42. The zero-order valence-corrected chi connectivity index (χ0v) is 18.0. The maximum atomic E-state index is 14.3. The monoisotopic (exact) mass is 498 g/mol. The van der Waals surface area contributed by atoms with Crippen LogP contribution in [-0.4, -0.2) is 47.2 Å². The number of ether oxygens (including phenoxy) is 1. The molecular weight excluding hydrogens is 473 g/mol. The molecule has 1 N–H and O–H groups in total. The quantitative estimate of drug-likeness (QED) is 0.310. The van der Waals surface area contributed by atoms with Gasteiger partial charge in [0.2, 0.25) is 0 Å². The van der Waals surface area contributed by atoms with E-state index in [0.29, 0.717) is 0 Å². The molecule has 0 radical (unpaired) electrons. The van der Waals surface area contributed by atoms with Crippen LogP contribution >= 0.6 is 0 Å². The largest absolute Gasteiger partial charge is 0.446 e. The molecule has 0 aliphatic heterocycles. The van der Waals surface area contributed by atoms with Crippen LogP contribution < -0.4 is 0 Å². The van der Waals surface area contributed by atoms with Gasteiger partial charge in [0.15, 0.2) is 0 Å². The van der Waals surface area contributed by atoms with Crippen molar-refractivity contribution >= 4 is 5.97 Å². The van der Waals surface area contributed by atoms with Crippen molar-refractivity contribution in [1.29, 1.82) is 0 Å².